The molecule has 0 amide bonds. The lowest BCUT2D eigenvalue weighted by molar-refractivity contribution is -0.155. The minimum absolute atomic E-state index is 0.142. The van der Waals surface area contributed by atoms with Crippen LogP contribution in [0.1, 0.15) is 11.6 Å². The first-order valence-corrected chi connectivity index (χ1v) is 4.81. The molecule has 2 heterocycles. The molecule has 14 heavy (non-hydrogen) atoms. The summed E-state index contributed by atoms with van der Waals surface area (Å²) in [7, 11) is 1.91. The second kappa shape index (κ2) is 3.73. The topological polar surface area (TPSA) is 57.3 Å². The number of aliphatic hydroxyl groups excluding tert-OH is 1. The minimum atomic E-state index is -0.142. The molecule has 0 spiro atoms. The second-order valence-corrected chi connectivity index (χ2v) is 3.88. The quantitative estimate of drug-likeness (QED) is 0.648. The molecule has 1 atom stereocenters. The summed E-state index contributed by atoms with van der Waals surface area (Å²) in [5.74, 6) is 0. The van der Waals surface area contributed by atoms with Crippen LogP contribution in [0.5, 0.6) is 0 Å². The smallest absolute Gasteiger partial charge is 0.0596 e. The molecule has 1 aliphatic heterocycles. The number of hydrogen-bond acceptors (Lipinski definition) is 3. The van der Waals surface area contributed by atoms with Crippen LogP contribution in [0.2, 0.25) is 0 Å². The standard InChI is InChI=1S/C10H16N2O2/c1-11-9(8-2-3-12-4-8)10(5-13)6-14-7-10/h2-4,9,11-13H,5-7H2,1H3. The summed E-state index contributed by atoms with van der Waals surface area (Å²) < 4.78 is 5.20. The van der Waals surface area contributed by atoms with E-state index < -0.39 is 0 Å². The summed E-state index contributed by atoms with van der Waals surface area (Å²) in [5.41, 5.74) is 1.03. The van der Waals surface area contributed by atoms with E-state index in [0.29, 0.717) is 13.2 Å². The maximum atomic E-state index is 9.41. The fraction of sp³-hybridized carbons (Fsp3) is 0.600. The van der Waals surface area contributed by atoms with Gasteiger partial charge in [0.15, 0.2) is 0 Å². The number of aliphatic hydroxyl groups is 1. The van der Waals surface area contributed by atoms with Gasteiger partial charge in [-0.1, -0.05) is 0 Å². The molecule has 0 saturated carbocycles. The Morgan fingerprint density at radius 2 is 2.50 bits per heavy atom. The van der Waals surface area contributed by atoms with Gasteiger partial charge in [0.25, 0.3) is 0 Å². The van der Waals surface area contributed by atoms with Crippen LogP contribution in [-0.4, -0.2) is 37.0 Å². The third-order valence-electron chi connectivity index (χ3n) is 2.95. The molecule has 4 nitrogen and oxygen atoms in total. The Kier molecular flexibility index (Phi) is 2.58. The van der Waals surface area contributed by atoms with Crippen molar-refractivity contribution in [1.82, 2.24) is 10.3 Å². The van der Waals surface area contributed by atoms with Crippen LogP contribution in [0.3, 0.4) is 0 Å². The van der Waals surface area contributed by atoms with Crippen LogP contribution in [-0.2, 0) is 4.74 Å². The Balaban J connectivity index is 2.20. The molecule has 1 unspecified atom stereocenters. The third-order valence-corrected chi connectivity index (χ3v) is 2.95. The normalized spacial score (nSPS) is 21.6. The number of aromatic nitrogens is 1. The third kappa shape index (κ3) is 1.35. The molecule has 1 saturated heterocycles. The van der Waals surface area contributed by atoms with Crippen LogP contribution in [0.4, 0.5) is 0 Å². The van der Waals surface area contributed by atoms with Gasteiger partial charge in [0.1, 0.15) is 0 Å². The van der Waals surface area contributed by atoms with Crippen molar-refractivity contribution in [1.29, 1.82) is 0 Å². The van der Waals surface area contributed by atoms with E-state index in [1.165, 1.54) is 5.56 Å². The van der Waals surface area contributed by atoms with Crippen LogP contribution >= 0.6 is 0 Å². The molecule has 0 aliphatic carbocycles. The molecular weight excluding hydrogens is 180 g/mol. The Labute approximate surface area is 83.3 Å². The molecular formula is C10H16N2O2. The van der Waals surface area contributed by atoms with Crippen molar-refractivity contribution in [3.05, 3.63) is 24.0 Å². The molecule has 1 aliphatic rings. The van der Waals surface area contributed by atoms with Crippen LogP contribution < -0.4 is 5.32 Å². The van der Waals surface area contributed by atoms with Gasteiger partial charge in [-0.2, -0.15) is 0 Å². The number of aromatic amines is 1. The van der Waals surface area contributed by atoms with E-state index in [1.807, 2.05) is 25.5 Å². The zero-order valence-electron chi connectivity index (χ0n) is 8.29. The zero-order valence-corrected chi connectivity index (χ0v) is 8.29. The van der Waals surface area contributed by atoms with E-state index in [1.54, 1.807) is 0 Å². The molecule has 0 radical (unpaired) electrons. The van der Waals surface area contributed by atoms with Gasteiger partial charge in [-0.15, -0.1) is 0 Å². The number of H-pyrrole nitrogens is 1. The van der Waals surface area contributed by atoms with Gasteiger partial charge in [-0.3, -0.25) is 0 Å². The lowest BCUT2D eigenvalue weighted by Gasteiger charge is -2.45. The monoisotopic (exact) mass is 196 g/mol. The molecule has 1 aromatic rings. The van der Waals surface area contributed by atoms with Gasteiger partial charge in [-0.25, -0.2) is 0 Å². The van der Waals surface area contributed by atoms with Crippen molar-refractivity contribution in [2.75, 3.05) is 26.9 Å². The van der Waals surface area contributed by atoms with Crippen molar-refractivity contribution < 1.29 is 9.84 Å². The zero-order chi connectivity index (χ0) is 10.0. The molecule has 0 aromatic carbocycles. The molecule has 4 heteroatoms. The maximum Gasteiger partial charge on any atom is 0.0596 e. The van der Waals surface area contributed by atoms with E-state index in [-0.39, 0.29) is 18.1 Å². The van der Waals surface area contributed by atoms with Crippen molar-refractivity contribution in [3.8, 4) is 0 Å². The summed E-state index contributed by atoms with van der Waals surface area (Å²) in [5, 5.41) is 12.6. The van der Waals surface area contributed by atoms with E-state index in [0.717, 1.165) is 0 Å². The second-order valence-electron chi connectivity index (χ2n) is 3.88. The van der Waals surface area contributed by atoms with Crippen LogP contribution in [0.25, 0.3) is 0 Å². The van der Waals surface area contributed by atoms with Gasteiger partial charge in [0.2, 0.25) is 0 Å². The maximum absolute atomic E-state index is 9.41. The lowest BCUT2D eigenvalue weighted by atomic mass is 9.76. The molecule has 78 valence electrons. The van der Waals surface area contributed by atoms with Crippen LogP contribution in [0, 0.1) is 5.41 Å². The van der Waals surface area contributed by atoms with Gasteiger partial charge in [-0.05, 0) is 18.7 Å². The highest BCUT2D eigenvalue weighted by Gasteiger charge is 2.45. The first-order chi connectivity index (χ1) is 6.82. The Hall–Kier alpha value is -0.840. The number of ether oxygens (including phenoxy) is 1. The summed E-state index contributed by atoms with van der Waals surface area (Å²) in [4.78, 5) is 3.03. The first-order valence-electron chi connectivity index (χ1n) is 4.81. The lowest BCUT2D eigenvalue weighted by Crippen LogP contribution is -2.53. The Bertz CT molecular complexity index is 275. The van der Waals surface area contributed by atoms with Crippen molar-refractivity contribution >= 4 is 0 Å². The summed E-state index contributed by atoms with van der Waals surface area (Å²) >= 11 is 0. The van der Waals surface area contributed by atoms with Gasteiger partial charge >= 0.3 is 0 Å². The summed E-state index contributed by atoms with van der Waals surface area (Å²) in [6.07, 6.45) is 3.85. The van der Waals surface area contributed by atoms with E-state index in [9.17, 15) is 5.11 Å². The predicted octanol–water partition coefficient (Wildman–Crippen LogP) is 0.284. The van der Waals surface area contributed by atoms with E-state index in [4.69, 9.17) is 4.74 Å². The van der Waals surface area contributed by atoms with Crippen molar-refractivity contribution in [2.24, 2.45) is 5.41 Å². The minimum Gasteiger partial charge on any atom is -0.396 e. The van der Waals surface area contributed by atoms with Gasteiger partial charge in [0.05, 0.1) is 25.2 Å². The number of nitrogens with one attached hydrogen (secondary N) is 2. The highest BCUT2D eigenvalue weighted by molar-refractivity contribution is 5.19. The SMILES string of the molecule is CNC(c1cc[nH]c1)C1(CO)COC1. The highest BCUT2D eigenvalue weighted by atomic mass is 16.5. The number of hydrogen-bond donors (Lipinski definition) is 3. The fourth-order valence-corrected chi connectivity index (χ4v) is 2.06. The van der Waals surface area contributed by atoms with Gasteiger partial charge < -0.3 is 20.1 Å². The number of rotatable bonds is 4. The summed E-state index contributed by atoms with van der Waals surface area (Å²) in [6.45, 7) is 1.41. The first kappa shape index (κ1) is 9.71. The van der Waals surface area contributed by atoms with Crippen LogP contribution in [0.15, 0.2) is 18.5 Å². The van der Waals surface area contributed by atoms with Gasteiger partial charge in [0, 0.05) is 18.4 Å². The fourth-order valence-electron chi connectivity index (χ4n) is 2.06. The molecule has 3 N–H and O–H groups in total. The van der Waals surface area contributed by atoms with Crippen molar-refractivity contribution in [3.63, 3.8) is 0 Å². The Morgan fingerprint density at radius 1 is 1.71 bits per heavy atom. The highest BCUT2D eigenvalue weighted by Crippen LogP contribution is 2.39. The van der Waals surface area contributed by atoms with E-state index >= 15 is 0 Å². The average Bonchev–Trinajstić information content (AvgIpc) is 2.63. The molecule has 0 bridgehead atoms. The molecule has 1 aromatic heterocycles. The predicted molar refractivity (Wildman–Crippen MR) is 52.9 cm³/mol. The Morgan fingerprint density at radius 3 is 2.86 bits per heavy atom. The van der Waals surface area contributed by atoms with Crippen molar-refractivity contribution in [2.45, 2.75) is 6.04 Å². The molecule has 2 rings (SSSR count). The largest absolute Gasteiger partial charge is 0.396 e. The average molecular weight is 196 g/mol. The molecule has 1 fully saturated rings. The van der Waals surface area contributed by atoms with E-state index in [2.05, 4.69) is 10.3 Å². The summed E-state index contributed by atoms with van der Waals surface area (Å²) in [6, 6.07) is 2.18.